The van der Waals surface area contributed by atoms with Crippen molar-refractivity contribution in [2.24, 2.45) is 0 Å². The van der Waals surface area contributed by atoms with Crippen LogP contribution < -0.4 is 19.7 Å². The predicted molar refractivity (Wildman–Crippen MR) is 86.3 cm³/mol. The molecule has 22 heavy (non-hydrogen) atoms. The lowest BCUT2D eigenvalue weighted by molar-refractivity contribution is 0.173. The van der Waals surface area contributed by atoms with Crippen LogP contribution in [-0.2, 0) is 13.1 Å². The Morgan fingerprint density at radius 1 is 1.18 bits per heavy atom. The van der Waals surface area contributed by atoms with Crippen molar-refractivity contribution < 1.29 is 9.47 Å². The van der Waals surface area contributed by atoms with Crippen molar-refractivity contribution in [3.63, 3.8) is 0 Å². The van der Waals surface area contributed by atoms with Gasteiger partial charge in [0.1, 0.15) is 5.82 Å². The van der Waals surface area contributed by atoms with E-state index in [0.717, 1.165) is 48.1 Å². The molecule has 0 saturated carbocycles. The largest absolute Gasteiger partial charge is 0.454 e. The molecule has 0 amide bonds. The van der Waals surface area contributed by atoms with E-state index in [1.807, 2.05) is 25.4 Å². The molecule has 0 fully saturated rings. The molecule has 1 aromatic heterocycles. The zero-order chi connectivity index (χ0) is 15.4. The Labute approximate surface area is 130 Å². The highest BCUT2D eigenvalue weighted by Crippen LogP contribution is 2.35. The minimum Gasteiger partial charge on any atom is -0.454 e. The van der Waals surface area contributed by atoms with Gasteiger partial charge in [0.15, 0.2) is 11.5 Å². The molecule has 1 N–H and O–H groups in total. The summed E-state index contributed by atoms with van der Waals surface area (Å²) in [5.41, 5.74) is 2.28. The second-order valence-electron chi connectivity index (χ2n) is 5.29. The standard InChI is InChI=1S/C17H21N3O2/c1-3-20(2)16-8-7-13(10-19-16)9-18-11-14-5-4-6-15-17(14)22-12-21-15/h4-8,10,18H,3,9,11-12H2,1-2H3. The Morgan fingerprint density at radius 2 is 2.09 bits per heavy atom. The van der Waals surface area contributed by atoms with Crippen LogP contribution in [0.3, 0.4) is 0 Å². The van der Waals surface area contributed by atoms with E-state index in [1.165, 1.54) is 0 Å². The Hall–Kier alpha value is -2.27. The minimum absolute atomic E-state index is 0.308. The van der Waals surface area contributed by atoms with E-state index in [-0.39, 0.29) is 0 Å². The number of fused-ring (bicyclic) bond motifs is 1. The maximum Gasteiger partial charge on any atom is 0.231 e. The van der Waals surface area contributed by atoms with Gasteiger partial charge in [0.25, 0.3) is 0 Å². The molecular formula is C17H21N3O2. The number of para-hydroxylation sites is 1. The number of hydrogen-bond donors (Lipinski definition) is 1. The van der Waals surface area contributed by atoms with Gasteiger partial charge in [0.2, 0.25) is 6.79 Å². The van der Waals surface area contributed by atoms with Gasteiger partial charge in [0.05, 0.1) is 0 Å². The molecule has 5 nitrogen and oxygen atoms in total. The molecule has 2 aromatic rings. The fraction of sp³-hybridized carbons (Fsp3) is 0.353. The number of nitrogens with one attached hydrogen (secondary N) is 1. The highest BCUT2D eigenvalue weighted by molar-refractivity contribution is 5.48. The second-order valence-corrected chi connectivity index (χ2v) is 5.29. The topological polar surface area (TPSA) is 46.6 Å². The van der Waals surface area contributed by atoms with Crippen LogP contribution in [0.15, 0.2) is 36.5 Å². The molecule has 1 aliphatic heterocycles. The first kappa shape index (κ1) is 14.7. The molecule has 0 spiro atoms. The van der Waals surface area contributed by atoms with Crippen LogP contribution in [0.2, 0.25) is 0 Å². The molecule has 2 heterocycles. The van der Waals surface area contributed by atoms with Crippen molar-refractivity contribution in [2.75, 3.05) is 25.3 Å². The quantitative estimate of drug-likeness (QED) is 0.888. The third-order valence-electron chi connectivity index (χ3n) is 3.80. The van der Waals surface area contributed by atoms with E-state index in [1.54, 1.807) is 0 Å². The summed E-state index contributed by atoms with van der Waals surface area (Å²) in [7, 11) is 2.04. The molecule has 0 unspecified atom stereocenters. The first-order valence-electron chi connectivity index (χ1n) is 7.52. The summed E-state index contributed by atoms with van der Waals surface area (Å²) < 4.78 is 10.9. The summed E-state index contributed by atoms with van der Waals surface area (Å²) in [5, 5.41) is 3.42. The Morgan fingerprint density at radius 3 is 2.86 bits per heavy atom. The van der Waals surface area contributed by atoms with Gasteiger partial charge >= 0.3 is 0 Å². The molecule has 0 aliphatic carbocycles. The second kappa shape index (κ2) is 6.66. The summed E-state index contributed by atoms with van der Waals surface area (Å²) in [6.45, 7) is 4.88. The van der Waals surface area contributed by atoms with Crippen molar-refractivity contribution in [1.82, 2.24) is 10.3 Å². The first-order chi connectivity index (χ1) is 10.8. The number of aromatic nitrogens is 1. The number of pyridine rings is 1. The summed E-state index contributed by atoms with van der Waals surface area (Å²) >= 11 is 0. The molecule has 1 aliphatic rings. The van der Waals surface area contributed by atoms with Gasteiger partial charge < -0.3 is 19.7 Å². The molecule has 0 bridgehead atoms. The van der Waals surface area contributed by atoms with Gasteiger partial charge in [-0.05, 0) is 24.6 Å². The van der Waals surface area contributed by atoms with E-state index >= 15 is 0 Å². The van der Waals surface area contributed by atoms with E-state index < -0.39 is 0 Å². The lowest BCUT2D eigenvalue weighted by Crippen LogP contribution is -2.17. The van der Waals surface area contributed by atoms with E-state index in [0.29, 0.717) is 6.79 Å². The molecule has 3 rings (SSSR count). The number of rotatable bonds is 6. The zero-order valence-electron chi connectivity index (χ0n) is 13.0. The number of hydrogen-bond acceptors (Lipinski definition) is 5. The molecule has 0 atom stereocenters. The Kier molecular flexibility index (Phi) is 4.44. The molecule has 116 valence electrons. The summed E-state index contributed by atoms with van der Waals surface area (Å²) in [6, 6.07) is 10.1. The van der Waals surface area contributed by atoms with Crippen LogP contribution in [0.1, 0.15) is 18.1 Å². The number of benzene rings is 1. The van der Waals surface area contributed by atoms with Crippen molar-refractivity contribution in [1.29, 1.82) is 0 Å². The molecule has 5 heteroatoms. The maximum atomic E-state index is 5.51. The van der Waals surface area contributed by atoms with Crippen LogP contribution >= 0.6 is 0 Å². The molecule has 0 saturated heterocycles. The number of nitrogens with zero attached hydrogens (tertiary/aromatic N) is 2. The third-order valence-corrected chi connectivity index (χ3v) is 3.80. The van der Waals surface area contributed by atoms with Crippen molar-refractivity contribution >= 4 is 5.82 Å². The fourth-order valence-electron chi connectivity index (χ4n) is 2.38. The number of anilines is 1. The van der Waals surface area contributed by atoms with E-state index in [9.17, 15) is 0 Å². The summed E-state index contributed by atoms with van der Waals surface area (Å²) in [4.78, 5) is 6.59. The third kappa shape index (κ3) is 3.14. The van der Waals surface area contributed by atoms with Crippen LogP contribution in [0.4, 0.5) is 5.82 Å². The fourth-order valence-corrected chi connectivity index (χ4v) is 2.38. The lowest BCUT2D eigenvalue weighted by Gasteiger charge is -2.15. The van der Waals surface area contributed by atoms with Crippen LogP contribution in [0.25, 0.3) is 0 Å². The smallest absolute Gasteiger partial charge is 0.231 e. The normalized spacial score (nSPS) is 12.5. The summed E-state index contributed by atoms with van der Waals surface area (Å²) in [5.74, 6) is 2.68. The van der Waals surface area contributed by atoms with Crippen LogP contribution in [0.5, 0.6) is 11.5 Å². The SMILES string of the molecule is CCN(C)c1ccc(CNCc2cccc3c2OCO3)cn1. The van der Waals surface area contributed by atoms with Crippen LogP contribution in [-0.4, -0.2) is 25.4 Å². The highest BCUT2D eigenvalue weighted by Gasteiger charge is 2.16. The van der Waals surface area contributed by atoms with Gasteiger partial charge in [-0.3, -0.25) is 0 Å². The van der Waals surface area contributed by atoms with Gasteiger partial charge in [-0.25, -0.2) is 4.98 Å². The van der Waals surface area contributed by atoms with Gasteiger partial charge in [-0.1, -0.05) is 18.2 Å². The lowest BCUT2D eigenvalue weighted by atomic mass is 10.2. The van der Waals surface area contributed by atoms with Crippen molar-refractivity contribution in [3.05, 3.63) is 47.7 Å². The molecule has 0 radical (unpaired) electrons. The highest BCUT2D eigenvalue weighted by atomic mass is 16.7. The maximum absolute atomic E-state index is 5.51. The Bertz CT molecular complexity index is 628. The average Bonchev–Trinajstić information content (AvgIpc) is 3.04. The van der Waals surface area contributed by atoms with Gasteiger partial charge in [-0.2, -0.15) is 0 Å². The monoisotopic (exact) mass is 299 g/mol. The number of ether oxygens (including phenoxy) is 2. The predicted octanol–water partition coefficient (Wildman–Crippen LogP) is 2.56. The minimum atomic E-state index is 0.308. The summed E-state index contributed by atoms with van der Waals surface area (Å²) in [6.07, 6.45) is 1.92. The van der Waals surface area contributed by atoms with E-state index in [2.05, 4.69) is 40.3 Å². The van der Waals surface area contributed by atoms with Gasteiger partial charge in [-0.15, -0.1) is 0 Å². The van der Waals surface area contributed by atoms with E-state index in [4.69, 9.17) is 9.47 Å². The Balaban J connectivity index is 1.56. The molecular weight excluding hydrogens is 278 g/mol. The van der Waals surface area contributed by atoms with Crippen molar-refractivity contribution in [3.8, 4) is 11.5 Å². The first-order valence-corrected chi connectivity index (χ1v) is 7.52. The zero-order valence-corrected chi connectivity index (χ0v) is 13.0. The van der Waals surface area contributed by atoms with Crippen molar-refractivity contribution in [2.45, 2.75) is 20.0 Å². The average molecular weight is 299 g/mol. The van der Waals surface area contributed by atoms with Crippen LogP contribution in [0, 0.1) is 0 Å². The molecule has 1 aromatic carbocycles. The van der Waals surface area contributed by atoms with Gasteiger partial charge in [0, 0.05) is 38.4 Å².